The van der Waals surface area contributed by atoms with Gasteiger partial charge >= 0.3 is 0 Å². The highest BCUT2D eigenvalue weighted by atomic mass is 32.1. The van der Waals surface area contributed by atoms with Gasteiger partial charge in [0.05, 0.1) is 11.5 Å². The topological polar surface area (TPSA) is 40.5 Å². The summed E-state index contributed by atoms with van der Waals surface area (Å²) in [7, 11) is 0. The average molecular weight is 281 g/mol. The monoisotopic (exact) mass is 281 g/mol. The van der Waals surface area contributed by atoms with Crippen molar-refractivity contribution in [3.63, 3.8) is 0 Å². The Balaban J connectivity index is 1.76. The Morgan fingerprint density at radius 3 is 3.05 bits per heavy atom. The lowest BCUT2D eigenvalue weighted by Gasteiger charge is -2.28. The van der Waals surface area contributed by atoms with E-state index in [0.29, 0.717) is 12.5 Å². The van der Waals surface area contributed by atoms with E-state index < -0.39 is 0 Å². The first-order valence-electron chi connectivity index (χ1n) is 7.23. The van der Waals surface area contributed by atoms with E-state index in [2.05, 4.69) is 4.90 Å². The lowest BCUT2D eigenvalue weighted by Crippen LogP contribution is -2.38. The first-order chi connectivity index (χ1) is 9.31. The molecule has 0 radical (unpaired) electrons. The maximum absolute atomic E-state index is 11.9. The van der Waals surface area contributed by atoms with Crippen LogP contribution < -0.4 is 0 Å². The molecule has 1 N–H and O–H groups in total. The van der Waals surface area contributed by atoms with Gasteiger partial charge in [-0.3, -0.25) is 9.69 Å². The first kappa shape index (κ1) is 14.7. The second kappa shape index (κ2) is 7.78. The van der Waals surface area contributed by atoms with Crippen LogP contribution in [0.5, 0.6) is 0 Å². The largest absolute Gasteiger partial charge is 0.395 e. The molecule has 0 aromatic carbocycles. The number of nitrogens with zero attached hydrogens (tertiary/aromatic N) is 1. The molecule has 0 spiro atoms. The molecule has 0 saturated carbocycles. The van der Waals surface area contributed by atoms with Gasteiger partial charge in [-0.05, 0) is 43.8 Å². The van der Waals surface area contributed by atoms with Crippen molar-refractivity contribution in [1.29, 1.82) is 0 Å². The second-order valence-electron chi connectivity index (χ2n) is 5.23. The molecule has 19 heavy (non-hydrogen) atoms. The molecule has 1 saturated heterocycles. The van der Waals surface area contributed by atoms with Crippen molar-refractivity contribution < 1.29 is 9.90 Å². The Morgan fingerprint density at radius 1 is 1.42 bits per heavy atom. The fourth-order valence-corrected chi connectivity index (χ4v) is 3.44. The number of Topliss-reactive ketones (excluding diaryl/α,β-unsaturated/α-hetero) is 1. The Hall–Kier alpha value is -0.710. The fraction of sp³-hybridized carbons (Fsp3) is 0.667. The molecule has 1 aromatic rings. The Labute approximate surface area is 119 Å². The SMILES string of the molecule is O=C(CCCN1CCCCCC1CO)c1cccs1. The Kier molecular flexibility index (Phi) is 6.01. The number of thiophene rings is 1. The normalized spacial score (nSPS) is 21.2. The quantitative estimate of drug-likeness (QED) is 0.815. The van der Waals surface area contributed by atoms with Crippen LogP contribution in [-0.4, -0.2) is 41.5 Å². The number of hydrogen-bond acceptors (Lipinski definition) is 4. The van der Waals surface area contributed by atoms with Crippen LogP contribution in [-0.2, 0) is 0 Å². The van der Waals surface area contributed by atoms with E-state index in [9.17, 15) is 9.90 Å². The van der Waals surface area contributed by atoms with Gasteiger partial charge in [0.1, 0.15) is 0 Å². The summed E-state index contributed by atoms with van der Waals surface area (Å²) in [4.78, 5) is 15.1. The highest BCUT2D eigenvalue weighted by Gasteiger charge is 2.20. The summed E-state index contributed by atoms with van der Waals surface area (Å²) in [5.74, 6) is 0.255. The van der Waals surface area contributed by atoms with Gasteiger partial charge in [0.2, 0.25) is 0 Å². The van der Waals surface area contributed by atoms with Gasteiger partial charge in [-0.1, -0.05) is 18.9 Å². The van der Waals surface area contributed by atoms with Crippen molar-refractivity contribution in [3.8, 4) is 0 Å². The molecule has 3 nitrogen and oxygen atoms in total. The van der Waals surface area contributed by atoms with Gasteiger partial charge in [0, 0.05) is 12.5 Å². The van der Waals surface area contributed by atoms with Crippen LogP contribution in [0.2, 0.25) is 0 Å². The second-order valence-corrected chi connectivity index (χ2v) is 6.17. The number of hydrogen-bond donors (Lipinski definition) is 1. The molecule has 2 heterocycles. The summed E-state index contributed by atoms with van der Waals surface area (Å²) in [6.07, 6.45) is 6.31. The van der Waals surface area contributed by atoms with Gasteiger partial charge in [-0.15, -0.1) is 11.3 Å². The van der Waals surface area contributed by atoms with Gasteiger partial charge in [0.15, 0.2) is 5.78 Å². The number of carbonyl (C=O) groups excluding carboxylic acids is 1. The third-order valence-corrected chi connectivity index (χ3v) is 4.77. The smallest absolute Gasteiger partial charge is 0.172 e. The summed E-state index contributed by atoms with van der Waals surface area (Å²) in [6, 6.07) is 4.13. The zero-order chi connectivity index (χ0) is 13.5. The summed E-state index contributed by atoms with van der Waals surface area (Å²) in [6.45, 7) is 2.25. The molecule has 1 atom stereocenters. The van der Waals surface area contributed by atoms with Crippen LogP contribution in [0, 0.1) is 0 Å². The van der Waals surface area contributed by atoms with E-state index in [1.165, 1.54) is 30.6 Å². The number of aliphatic hydroxyl groups is 1. The number of likely N-dealkylation sites (tertiary alicyclic amines) is 1. The van der Waals surface area contributed by atoms with Crippen molar-refractivity contribution >= 4 is 17.1 Å². The van der Waals surface area contributed by atoms with Crippen LogP contribution in [0.3, 0.4) is 0 Å². The van der Waals surface area contributed by atoms with E-state index in [1.807, 2.05) is 17.5 Å². The fourth-order valence-electron chi connectivity index (χ4n) is 2.74. The Morgan fingerprint density at radius 2 is 2.32 bits per heavy atom. The molecule has 4 heteroatoms. The van der Waals surface area contributed by atoms with E-state index in [-0.39, 0.29) is 12.4 Å². The molecule has 0 amide bonds. The number of aliphatic hydroxyl groups excluding tert-OH is 1. The van der Waals surface area contributed by atoms with Gasteiger partial charge in [-0.25, -0.2) is 0 Å². The molecular formula is C15H23NO2S. The summed E-state index contributed by atoms with van der Waals surface area (Å²) >= 11 is 1.52. The van der Waals surface area contributed by atoms with Gasteiger partial charge in [0.25, 0.3) is 0 Å². The van der Waals surface area contributed by atoms with Crippen molar-refractivity contribution in [3.05, 3.63) is 22.4 Å². The van der Waals surface area contributed by atoms with Crippen LogP contribution in [0.25, 0.3) is 0 Å². The minimum Gasteiger partial charge on any atom is -0.395 e. The zero-order valence-corrected chi connectivity index (χ0v) is 12.2. The van der Waals surface area contributed by atoms with Crippen LogP contribution in [0.4, 0.5) is 0 Å². The highest BCUT2D eigenvalue weighted by Crippen LogP contribution is 2.18. The van der Waals surface area contributed by atoms with Gasteiger partial charge < -0.3 is 5.11 Å². The van der Waals surface area contributed by atoms with E-state index >= 15 is 0 Å². The van der Waals surface area contributed by atoms with Crippen LogP contribution in [0.15, 0.2) is 17.5 Å². The van der Waals surface area contributed by atoms with Crippen LogP contribution in [0.1, 0.15) is 48.2 Å². The average Bonchev–Trinajstić information content (AvgIpc) is 2.86. The minimum atomic E-state index is 0.249. The zero-order valence-electron chi connectivity index (χ0n) is 11.4. The molecule has 1 aliphatic rings. The molecule has 1 unspecified atom stereocenters. The van der Waals surface area contributed by atoms with E-state index in [1.54, 1.807) is 0 Å². The summed E-state index contributed by atoms with van der Waals surface area (Å²) in [5, 5.41) is 11.4. The molecule has 1 aromatic heterocycles. The number of rotatable bonds is 6. The lowest BCUT2D eigenvalue weighted by atomic mass is 10.1. The van der Waals surface area contributed by atoms with Crippen molar-refractivity contribution in [2.75, 3.05) is 19.7 Å². The lowest BCUT2D eigenvalue weighted by molar-refractivity contribution is 0.0959. The minimum absolute atomic E-state index is 0.249. The Bertz CT molecular complexity index is 378. The molecule has 2 rings (SSSR count). The van der Waals surface area contributed by atoms with Crippen LogP contribution >= 0.6 is 11.3 Å². The maximum Gasteiger partial charge on any atom is 0.172 e. The van der Waals surface area contributed by atoms with Crippen molar-refractivity contribution in [1.82, 2.24) is 4.90 Å². The number of carbonyl (C=O) groups is 1. The molecule has 1 aliphatic heterocycles. The molecule has 0 bridgehead atoms. The molecule has 106 valence electrons. The standard InChI is InChI=1S/C15H23NO2S/c17-12-13-6-2-1-3-9-16(13)10-4-7-14(18)15-8-5-11-19-15/h5,8,11,13,17H,1-4,6-7,9-10,12H2. The molecule has 1 fully saturated rings. The summed E-state index contributed by atoms with van der Waals surface area (Å²) in [5.41, 5.74) is 0. The molecular weight excluding hydrogens is 258 g/mol. The predicted molar refractivity (Wildman–Crippen MR) is 78.8 cm³/mol. The first-order valence-corrected chi connectivity index (χ1v) is 8.11. The van der Waals surface area contributed by atoms with Gasteiger partial charge in [-0.2, -0.15) is 0 Å². The van der Waals surface area contributed by atoms with Crippen molar-refractivity contribution in [2.45, 2.75) is 44.6 Å². The van der Waals surface area contributed by atoms with E-state index in [4.69, 9.17) is 0 Å². The highest BCUT2D eigenvalue weighted by molar-refractivity contribution is 7.12. The predicted octanol–water partition coefficient (Wildman–Crippen LogP) is 2.95. The molecule has 0 aliphatic carbocycles. The third-order valence-electron chi connectivity index (χ3n) is 3.85. The summed E-state index contributed by atoms with van der Waals surface area (Å²) < 4.78 is 0. The van der Waals surface area contributed by atoms with E-state index in [0.717, 1.165) is 30.8 Å². The maximum atomic E-state index is 11.9. The third kappa shape index (κ3) is 4.41. The van der Waals surface area contributed by atoms with Crippen molar-refractivity contribution in [2.24, 2.45) is 0 Å². The number of ketones is 1.